The molecule has 1 fully saturated rings. The van der Waals surface area contributed by atoms with Crippen molar-refractivity contribution in [1.82, 2.24) is 9.78 Å². The first kappa shape index (κ1) is 18.0. The van der Waals surface area contributed by atoms with Crippen molar-refractivity contribution in [3.8, 4) is 0 Å². The highest BCUT2D eigenvalue weighted by Gasteiger charge is 2.32. The van der Waals surface area contributed by atoms with E-state index in [9.17, 15) is 14.9 Å². The van der Waals surface area contributed by atoms with E-state index in [2.05, 4.69) is 5.32 Å². The van der Waals surface area contributed by atoms with Crippen LogP contribution in [0.5, 0.6) is 0 Å². The first-order valence-corrected chi connectivity index (χ1v) is 10.3. The summed E-state index contributed by atoms with van der Waals surface area (Å²) in [5.41, 5.74) is 2.74. The number of nitro benzene ring substituents is 1. The summed E-state index contributed by atoms with van der Waals surface area (Å²) in [5.74, 6) is 1.03. The fourth-order valence-electron chi connectivity index (χ4n) is 4.06. The molecule has 1 atom stereocenters. The second kappa shape index (κ2) is 7.34. The molecule has 2 aromatic rings. The SMILES string of the molecule is Cc1nn(C2CCCCC2)c2c1[C@@H](c1cccc([N+](=O)[O-])c1)SCC(=O)N2. The van der Waals surface area contributed by atoms with Crippen LogP contribution in [0.3, 0.4) is 0 Å². The summed E-state index contributed by atoms with van der Waals surface area (Å²) in [6, 6.07) is 6.99. The third-order valence-corrected chi connectivity index (χ3v) is 6.61. The first-order valence-electron chi connectivity index (χ1n) is 9.29. The van der Waals surface area contributed by atoms with Crippen LogP contribution >= 0.6 is 11.8 Å². The number of fused-ring (bicyclic) bond motifs is 1. The van der Waals surface area contributed by atoms with Crippen molar-refractivity contribution in [2.24, 2.45) is 0 Å². The van der Waals surface area contributed by atoms with E-state index in [1.807, 2.05) is 17.7 Å². The number of benzene rings is 1. The molecule has 2 heterocycles. The molecule has 8 heteroatoms. The van der Waals surface area contributed by atoms with E-state index in [1.165, 1.54) is 37.1 Å². The number of non-ortho nitro benzene ring substituents is 1. The quantitative estimate of drug-likeness (QED) is 0.624. The normalized spacial score (nSPS) is 20.6. The van der Waals surface area contributed by atoms with Crippen LogP contribution in [0.25, 0.3) is 0 Å². The molecule has 142 valence electrons. The Kier molecular flexibility index (Phi) is 4.90. The van der Waals surface area contributed by atoms with E-state index < -0.39 is 0 Å². The number of nitrogens with zero attached hydrogens (tertiary/aromatic N) is 3. The maximum absolute atomic E-state index is 12.4. The number of rotatable bonds is 3. The topological polar surface area (TPSA) is 90.1 Å². The second-order valence-electron chi connectivity index (χ2n) is 7.18. The molecule has 0 unspecified atom stereocenters. The highest BCUT2D eigenvalue weighted by molar-refractivity contribution is 8.00. The minimum absolute atomic E-state index is 0.0499. The van der Waals surface area contributed by atoms with Crippen molar-refractivity contribution >= 4 is 29.2 Å². The van der Waals surface area contributed by atoms with E-state index in [4.69, 9.17) is 5.10 Å². The molecule has 1 aromatic heterocycles. The average Bonchev–Trinajstić information content (AvgIpc) is 2.88. The van der Waals surface area contributed by atoms with Crippen LogP contribution in [0.1, 0.15) is 60.2 Å². The fraction of sp³-hybridized carbons (Fsp3) is 0.474. The summed E-state index contributed by atoms with van der Waals surface area (Å²) in [5, 5.41) is 18.9. The molecule has 7 nitrogen and oxygen atoms in total. The van der Waals surface area contributed by atoms with Gasteiger partial charge in [-0.1, -0.05) is 31.4 Å². The number of nitrogens with one attached hydrogen (secondary N) is 1. The maximum atomic E-state index is 12.4. The largest absolute Gasteiger partial charge is 0.310 e. The molecule has 1 aliphatic heterocycles. The Hall–Kier alpha value is -2.35. The minimum atomic E-state index is -0.381. The lowest BCUT2D eigenvalue weighted by Gasteiger charge is -2.24. The molecule has 27 heavy (non-hydrogen) atoms. The molecule has 0 spiro atoms. The lowest BCUT2D eigenvalue weighted by atomic mass is 9.95. The van der Waals surface area contributed by atoms with Crippen LogP contribution in [0.4, 0.5) is 11.5 Å². The first-order chi connectivity index (χ1) is 13.0. The molecule has 0 bridgehead atoms. The molecule has 2 aliphatic rings. The summed E-state index contributed by atoms with van der Waals surface area (Å²) >= 11 is 1.49. The van der Waals surface area contributed by atoms with Crippen LogP contribution in [-0.2, 0) is 4.79 Å². The van der Waals surface area contributed by atoms with Crippen molar-refractivity contribution < 1.29 is 9.72 Å². The number of anilines is 1. The van der Waals surface area contributed by atoms with E-state index in [0.29, 0.717) is 11.8 Å². The van der Waals surface area contributed by atoms with Gasteiger partial charge in [-0.25, -0.2) is 4.68 Å². The summed E-state index contributed by atoms with van der Waals surface area (Å²) in [4.78, 5) is 23.2. The van der Waals surface area contributed by atoms with Gasteiger partial charge in [0.15, 0.2) is 0 Å². The Labute approximate surface area is 161 Å². The zero-order valence-corrected chi connectivity index (χ0v) is 16.0. The van der Waals surface area contributed by atoms with Crippen molar-refractivity contribution in [3.05, 3.63) is 51.2 Å². The highest BCUT2D eigenvalue weighted by atomic mass is 32.2. The van der Waals surface area contributed by atoms with E-state index in [-0.39, 0.29) is 21.8 Å². The lowest BCUT2D eigenvalue weighted by molar-refractivity contribution is -0.384. The highest BCUT2D eigenvalue weighted by Crippen LogP contribution is 2.45. The predicted molar refractivity (Wildman–Crippen MR) is 105 cm³/mol. The third kappa shape index (κ3) is 3.45. The fourth-order valence-corrected chi connectivity index (χ4v) is 5.24. The lowest BCUT2D eigenvalue weighted by Crippen LogP contribution is -2.20. The molecular weight excluding hydrogens is 364 g/mol. The van der Waals surface area contributed by atoms with Gasteiger partial charge >= 0.3 is 0 Å². The average molecular weight is 386 g/mol. The number of hydrogen-bond donors (Lipinski definition) is 1. The monoisotopic (exact) mass is 386 g/mol. The molecule has 1 amide bonds. The van der Waals surface area contributed by atoms with Crippen molar-refractivity contribution in [2.75, 3.05) is 11.1 Å². The number of aromatic nitrogens is 2. The van der Waals surface area contributed by atoms with Gasteiger partial charge in [-0.3, -0.25) is 14.9 Å². The summed E-state index contributed by atoms with van der Waals surface area (Å²) in [7, 11) is 0. The molecular formula is C19H22N4O3S. The van der Waals surface area contributed by atoms with Gasteiger partial charge in [-0.05, 0) is 25.3 Å². The standard InChI is InChI=1S/C19H22N4O3S/c1-12-17-18(13-6-5-9-15(10-13)23(25)26)27-11-16(24)20-19(17)22(21-12)14-7-3-2-4-8-14/h5-6,9-10,14,18H,2-4,7-8,11H2,1H3,(H,20,24)/t18-/m1/s1. The molecule has 1 aliphatic carbocycles. The number of nitro groups is 1. The number of aryl methyl sites for hydroxylation is 1. The van der Waals surface area contributed by atoms with E-state index >= 15 is 0 Å². The van der Waals surface area contributed by atoms with Gasteiger partial charge in [0.05, 0.1) is 27.7 Å². The van der Waals surface area contributed by atoms with Crippen LogP contribution < -0.4 is 5.32 Å². The number of hydrogen-bond acceptors (Lipinski definition) is 5. The Balaban J connectivity index is 1.80. The van der Waals surface area contributed by atoms with Crippen molar-refractivity contribution in [2.45, 2.75) is 50.3 Å². The van der Waals surface area contributed by atoms with Gasteiger partial charge in [0.25, 0.3) is 5.69 Å². The van der Waals surface area contributed by atoms with E-state index in [1.54, 1.807) is 12.1 Å². The number of amides is 1. The Bertz CT molecular complexity index is 889. The van der Waals surface area contributed by atoms with Gasteiger partial charge in [0.2, 0.25) is 5.91 Å². The molecule has 1 saturated carbocycles. The summed E-state index contributed by atoms with van der Waals surface area (Å²) in [6.07, 6.45) is 5.73. The molecule has 1 N–H and O–H groups in total. The zero-order valence-electron chi connectivity index (χ0n) is 15.2. The van der Waals surface area contributed by atoms with Gasteiger partial charge in [0.1, 0.15) is 5.82 Å². The minimum Gasteiger partial charge on any atom is -0.310 e. The van der Waals surface area contributed by atoms with Crippen LogP contribution in [0.15, 0.2) is 24.3 Å². The third-order valence-electron chi connectivity index (χ3n) is 5.34. The molecule has 4 rings (SSSR count). The van der Waals surface area contributed by atoms with E-state index in [0.717, 1.165) is 35.5 Å². The Morgan fingerprint density at radius 3 is 2.81 bits per heavy atom. The van der Waals surface area contributed by atoms with Crippen molar-refractivity contribution in [1.29, 1.82) is 0 Å². The molecule has 0 saturated heterocycles. The maximum Gasteiger partial charge on any atom is 0.269 e. The summed E-state index contributed by atoms with van der Waals surface area (Å²) in [6.45, 7) is 1.96. The van der Waals surface area contributed by atoms with Crippen LogP contribution in [0.2, 0.25) is 0 Å². The smallest absolute Gasteiger partial charge is 0.269 e. The Morgan fingerprint density at radius 1 is 1.30 bits per heavy atom. The van der Waals surface area contributed by atoms with Gasteiger partial charge in [-0.2, -0.15) is 5.10 Å². The number of carbonyl (C=O) groups is 1. The van der Waals surface area contributed by atoms with Gasteiger partial charge in [-0.15, -0.1) is 11.8 Å². The molecule has 0 radical (unpaired) electrons. The van der Waals surface area contributed by atoms with Crippen LogP contribution in [-0.4, -0.2) is 26.4 Å². The zero-order chi connectivity index (χ0) is 19.0. The predicted octanol–water partition coefficient (Wildman–Crippen LogP) is 4.38. The van der Waals surface area contributed by atoms with Gasteiger partial charge in [0, 0.05) is 17.7 Å². The second-order valence-corrected chi connectivity index (χ2v) is 8.27. The Morgan fingerprint density at radius 2 is 2.07 bits per heavy atom. The number of carbonyl (C=O) groups excluding carboxylic acids is 1. The summed E-state index contributed by atoms with van der Waals surface area (Å²) < 4.78 is 2.00. The number of thioether (sulfide) groups is 1. The van der Waals surface area contributed by atoms with Crippen LogP contribution in [0, 0.1) is 17.0 Å². The van der Waals surface area contributed by atoms with Gasteiger partial charge < -0.3 is 5.32 Å². The van der Waals surface area contributed by atoms with Crippen molar-refractivity contribution in [3.63, 3.8) is 0 Å². The molecule has 1 aromatic carbocycles.